The quantitative estimate of drug-likeness (QED) is 0.624. The van der Waals surface area contributed by atoms with Crippen LogP contribution in [0.2, 0.25) is 0 Å². The number of benzene rings is 1. The maximum absolute atomic E-state index is 13.6. The molecule has 1 unspecified atom stereocenters. The van der Waals surface area contributed by atoms with Crippen LogP contribution in [0.1, 0.15) is 26.2 Å². The molecule has 1 atom stereocenters. The van der Waals surface area contributed by atoms with E-state index in [0.717, 1.165) is 31.9 Å². The molecule has 0 radical (unpaired) electrons. The molecule has 1 fully saturated rings. The molecule has 7 heteroatoms. The summed E-state index contributed by atoms with van der Waals surface area (Å²) in [4.78, 5) is 12.7. The molecule has 1 N–H and O–H groups in total. The van der Waals surface area contributed by atoms with Crippen molar-refractivity contribution in [3.8, 4) is 0 Å². The van der Waals surface area contributed by atoms with Crippen LogP contribution in [-0.2, 0) is 0 Å². The first-order valence-electron chi connectivity index (χ1n) is 7.14. The lowest BCUT2D eigenvalue weighted by molar-refractivity contribution is -0.384. The maximum atomic E-state index is 13.6. The topological polar surface area (TPSA) is 58.4 Å². The number of hydrogen-bond acceptors (Lipinski definition) is 4. The van der Waals surface area contributed by atoms with E-state index in [0.29, 0.717) is 24.8 Å². The van der Waals surface area contributed by atoms with Gasteiger partial charge in [0.05, 0.1) is 15.5 Å². The van der Waals surface area contributed by atoms with Crippen molar-refractivity contribution in [3.63, 3.8) is 0 Å². The van der Waals surface area contributed by atoms with Gasteiger partial charge in [-0.1, -0.05) is 6.92 Å². The highest BCUT2D eigenvalue weighted by atomic mass is 79.9. The van der Waals surface area contributed by atoms with E-state index in [-0.39, 0.29) is 10.2 Å². The van der Waals surface area contributed by atoms with Crippen molar-refractivity contribution in [1.29, 1.82) is 0 Å². The van der Waals surface area contributed by atoms with Crippen molar-refractivity contribution < 1.29 is 9.31 Å². The summed E-state index contributed by atoms with van der Waals surface area (Å²) < 4.78 is 13.8. The van der Waals surface area contributed by atoms with Crippen LogP contribution in [0.5, 0.6) is 0 Å². The minimum absolute atomic E-state index is 0.179. The summed E-state index contributed by atoms with van der Waals surface area (Å²) in [6.45, 7) is 4.42. The minimum atomic E-state index is -0.610. The van der Waals surface area contributed by atoms with Crippen LogP contribution in [0.25, 0.3) is 0 Å². The van der Waals surface area contributed by atoms with Gasteiger partial charge in [-0.25, -0.2) is 4.39 Å². The number of nitro benzene ring substituents is 1. The third-order valence-electron chi connectivity index (χ3n) is 3.65. The molecule has 21 heavy (non-hydrogen) atoms. The van der Waals surface area contributed by atoms with Gasteiger partial charge < -0.3 is 10.2 Å². The van der Waals surface area contributed by atoms with Crippen LogP contribution in [-0.4, -0.2) is 30.6 Å². The Morgan fingerprint density at radius 2 is 2.33 bits per heavy atom. The molecule has 1 heterocycles. The highest BCUT2D eigenvalue weighted by Gasteiger charge is 2.25. The van der Waals surface area contributed by atoms with E-state index in [1.807, 2.05) is 11.8 Å². The van der Waals surface area contributed by atoms with Gasteiger partial charge in [-0.2, -0.15) is 0 Å². The normalized spacial score (nSPS) is 18.0. The lowest BCUT2D eigenvalue weighted by Gasteiger charge is -2.27. The molecule has 1 saturated heterocycles. The second kappa shape index (κ2) is 7.17. The summed E-state index contributed by atoms with van der Waals surface area (Å²) in [5.41, 5.74) is 0.297. The van der Waals surface area contributed by atoms with Gasteiger partial charge in [0.2, 0.25) is 0 Å². The Balaban J connectivity index is 2.33. The monoisotopic (exact) mass is 359 g/mol. The summed E-state index contributed by atoms with van der Waals surface area (Å²) in [5, 5.41) is 14.6. The number of anilines is 1. The second-order valence-electron chi connectivity index (χ2n) is 5.25. The largest absolute Gasteiger partial charge is 0.364 e. The molecular formula is C14H19BrFN3O2. The van der Waals surface area contributed by atoms with Crippen LogP contribution in [0.15, 0.2) is 16.6 Å². The van der Waals surface area contributed by atoms with E-state index in [1.165, 1.54) is 6.07 Å². The summed E-state index contributed by atoms with van der Waals surface area (Å²) in [7, 11) is 0. The average Bonchev–Trinajstić information content (AvgIpc) is 2.93. The van der Waals surface area contributed by atoms with Crippen molar-refractivity contribution in [2.24, 2.45) is 0 Å². The third kappa shape index (κ3) is 3.91. The maximum Gasteiger partial charge on any atom is 0.295 e. The number of nitrogens with zero attached hydrogens (tertiary/aromatic N) is 2. The third-order valence-corrected chi connectivity index (χ3v) is 4.26. The zero-order chi connectivity index (χ0) is 15.4. The smallest absolute Gasteiger partial charge is 0.295 e. The highest BCUT2D eigenvalue weighted by Crippen LogP contribution is 2.34. The van der Waals surface area contributed by atoms with E-state index in [9.17, 15) is 14.5 Å². The van der Waals surface area contributed by atoms with E-state index >= 15 is 0 Å². The van der Waals surface area contributed by atoms with E-state index in [1.54, 1.807) is 0 Å². The van der Waals surface area contributed by atoms with Crippen molar-refractivity contribution >= 4 is 27.3 Å². The summed E-state index contributed by atoms with van der Waals surface area (Å²) >= 11 is 3.12. The predicted molar refractivity (Wildman–Crippen MR) is 84.3 cm³/mol. The molecule has 1 aliphatic heterocycles. The van der Waals surface area contributed by atoms with E-state index in [4.69, 9.17) is 0 Å². The second-order valence-corrected chi connectivity index (χ2v) is 6.11. The molecule has 1 aliphatic rings. The molecule has 2 rings (SSSR count). The molecule has 0 aliphatic carbocycles. The van der Waals surface area contributed by atoms with Crippen molar-refractivity contribution in [2.75, 3.05) is 24.5 Å². The number of rotatable bonds is 6. The number of halogens is 2. The van der Waals surface area contributed by atoms with E-state index < -0.39 is 10.7 Å². The molecule has 5 nitrogen and oxygen atoms in total. The van der Waals surface area contributed by atoms with Crippen molar-refractivity contribution in [3.05, 3.63) is 32.5 Å². The van der Waals surface area contributed by atoms with Crippen LogP contribution in [0.3, 0.4) is 0 Å². The first-order chi connectivity index (χ1) is 10.0. The summed E-state index contributed by atoms with van der Waals surface area (Å²) in [5.74, 6) is -0.610. The molecule has 0 spiro atoms. The standard InChI is InChI=1S/C14H19BrFN3O2/c1-2-6-18(9-10-4-3-5-17-10)13-7-11(15)12(16)8-14(13)19(20)21/h7-8,10,17H,2-6,9H2,1H3. The van der Waals surface area contributed by atoms with E-state index in [2.05, 4.69) is 21.2 Å². The van der Waals surface area contributed by atoms with Gasteiger partial charge >= 0.3 is 0 Å². The minimum Gasteiger partial charge on any atom is -0.364 e. The summed E-state index contributed by atoms with van der Waals surface area (Å²) in [6, 6.07) is 2.84. The van der Waals surface area contributed by atoms with Crippen molar-refractivity contribution in [2.45, 2.75) is 32.2 Å². The molecule has 0 saturated carbocycles. The highest BCUT2D eigenvalue weighted by molar-refractivity contribution is 9.10. The number of nitrogens with one attached hydrogen (secondary N) is 1. The molecule has 0 amide bonds. The molecule has 1 aromatic carbocycles. The molecule has 116 valence electrons. The zero-order valence-electron chi connectivity index (χ0n) is 11.9. The zero-order valence-corrected chi connectivity index (χ0v) is 13.5. The SMILES string of the molecule is CCCN(CC1CCCN1)c1cc(Br)c(F)cc1[N+](=O)[O-]. The van der Waals surface area contributed by atoms with Crippen LogP contribution < -0.4 is 10.2 Å². The molecule has 1 aromatic rings. The van der Waals surface area contributed by atoms with Crippen LogP contribution >= 0.6 is 15.9 Å². The Bertz CT molecular complexity index is 521. The fraction of sp³-hybridized carbons (Fsp3) is 0.571. The summed E-state index contributed by atoms with van der Waals surface area (Å²) in [6.07, 6.45) is 3.06. The fourth-order valence-electron chi connectivity index (χ4n) is 2.68. The molecular weight excluding hydrogens is 341 g/mol. The Kier molecular flexibility index (Phi) is 5.52. The van der Waals surface area contributed by atoms with Crippen molar-refractivity contribution in [1.82, 2.24) is 5.32 Å². The van der Waals surface area contributed by atoms with Gasteiger partial charge in [-0.3, -0.25) is 10.1 Å². The molecule has 0 aromatic heterocycles. The first-order valence-corrected chi connectivity index (χ1v) is 7.94. The number of hydrogen-bond donors (Lipinski definition) is 1. The lowest BCUT2D eigenvalue weighted by Crippen LogP contribution is -2.38. The van der Waals surface area contributed by atoms with Gasteiger partial charge in [0, 0.05) is 19.1 Å². The Hall–Kier alpha value is -1.21. The predicted octanol–water partition coefficient (Wildman–Crippen LogP) is 3.46. The van der Waals surface area contributed by atoms with Gasteiger partial charge in [-0.05, 0) is 47.8 Å². The molecule has 0 bridgehead atoms. The number of nitro groups is 1. The van der Waals surface area contributed by atoms with Gasteiger partial charge in [-0.15, -0.1) is 0 Å². The van der Waals surface area contributed by atoms with Gasteiger partial charge in [0.25, 0.3) is 5.69 Å². The van der Waals surface area contributed by atoms with Crippen LogP contribution in [0.4, 0.5) is 15.8 Å². The van der Waals surface area contributed by atoms with Crippen LogP contribution in [0, 0.1) is 15.9 Å². The van der Waals surface area contributed by atoms with Gasteiger partial charge in [0.1, 0.15) is 11.5 Å². The Morgan fingerprint density at radius 3 is 2.90 bits per heavy atom. The fourth-order valence-corrected chi connectivity index (χ4v) is 3.02. The Labute approximate surface area is 131 Å². The first kappa shape index (κ1) is 16.2. The Morgan fingerprint density at radius 1 is 1.57 bits per heavy atom. The lowest BCUT2D eigenvalue weighted by atomic mass is 10.1. The van der Waals surface area contributed by atoms with Gasteiger partial charge in [0.15, 0.2) is 0 Å². The average molecular weight is 360 g/mol.